The number of aromatic nitrogens is 1. The molecule has 2 fully saturated rings. The summed E-state index contributed by atoms with van der Waals surface area (Å²) in [5.41, 5.74) is 6.80. The average molecular weight is 670 g/mol. The maximum absolute atomic E-state index is 15.9. The van der Waals surface area contributed by atoms with E-state index in [2.05, 4.69) is 10.3 Å². The number of fused-ring (bicyclic) bond motifs is 1. The number of hydrogen-bond acceptors (Lipinski definition) is 8. The number of ether oxygens (including phenoxy) is 3. The molecule has 1 aromatic heterocycles. The van der Waals surface area contributed by atoms with Crippen LogP contribution in [0.25, 0.3) is 10.9 Å². The summed E-state index contributed by atoms with van der Waals surface area (Å²) in [6.07, 6.45) is 5.38. The lowest BCUT2D eigenvalue weighted by atomic mass is 9.99. The minimum Gasteiger partial charge on any atom is -0.493 e. The van der Waals surface area contributed by atoms with E-state index in [4.69, 9.17) is 19.9 Å². The number of carbonyl (C=O) groups excluding carboxylic acids is 3. The van der Waals surface area contributed by atoms with Gasteiger partial charge in [0.1, 0.15) is 11.8 Å². The summed E-state index contributed by atoms with van der Waals surface area (Å²) in [6, 6.07) is 17.0. The Morgan fingerprint density at radius 3 is 2.43 bits per heavy atom. The van der Waals surface area contributed by atoms with Crippen molar-refractivity contribution >= 4 is 34.3 Å². The van der Waals surface area contributed by atoms with Gasteiger partial charge < -0.3 is 30.2 Å². The Morgan fingerprint density at radius 1 is 0.980 bits per heavy atom. The second-order valence-corrected chi connectivity index (χ2v) is 12.3. The van der Waals surface area contributed by atoms with Crippen molar-refractivity contribution in [1.29, 1.82) is 0 Å². The molecular weight excluding hydrogens is 629 g/mol. The molecule has 1 atom stereocenters. The Labute approximate surface area is 284 Å². The van der Waals surface area contributed by atoms with Crippen LogP contribution in [0, 0.1) is 11.7 Å². The van der Waals surface area contributed by atoms with Gasteiger partial charge in [-0.3, -0.25) is 24.3 Å². The molecule has 2 saturated heterocycles. The summed E-state index contributed by atoms with van der Waals surface area (Å²) in [5.74, 6) is -1.87. The second-order valence-electron chi connectivity index (χ2n) is 12.3. The van der Waals surface area contributed by atoms with Crippen molar-refractivity contribution in [2.24, 2.45) is 11.7 Å². The van der Waals surface area contributed by atoms with Gasteiger partial charge in [0.05, 0.1) is 19.2 Å². The first-order chi connectivity index (χ1) is 23.8. The van der Waals surface area contributed by atoms with Gasteiger partial charge in [-0.25, -0.2) is 4.39 Å². The van der Waals surface area contributed by atoms with Crippen molar-refractivity contribution in [2.45, 2.75) is 38.1 Å². The summed E-state index contributed by atoms with van der Waals surface area (Å²) in [6.45, 7) is 3.55. The van der Waals surface area contributed by atoms with Crippen molar-refractivity contribution in [1.82, 2.24) is 15.2 Å². The third-order valence-corrected chi connectivity index (χ3v) is 9.05. The number of hydrogen-bond donors (Lipinski definition) is 2. The number of halogens is 1. The number of pyridine rings is 1. The highest BCUT2D eigenvalue weighted by Crippen LogP contribution is 2.38. The summed E-state index contributed by atoms with van der Waals surface area (Å²) in [5, 5.41) is 3.93. The second kappa shape index (κ2) is 15.3. The Kier molecular flexibility index (Phi) is 10.5. The first kappa shape index (κ1) is 33.7. The van der Waals surface area contributed by atoms with Gasteiger partial charge in [-0.2, -0.15) is 0 Å². The number of primary amides is 1. The van der Waals surface area contributed by atoms with Gasteiger partial charge in [0.2, 0.25) is 5.91 Å². The van der Waals surface area contributed by atoms with Gasteiger partial charge in [-0.1, -0.05) is 30.3 Å². The van der Waals surface area contributed by atoms with Crippen LogP contribution in [0.5, 0.6) is 23.0 Å². The van der Waals surface area contributed by atoms with E-state index in [1.54, 1.807) is 36.4 Å². The van der Waals surface area contributed by atoms with Crippen LogP contribution in [-0.2, 0) is 20.8 Å². The van der Waals surface area contributed by atoms with Crippen molar-refractivity contribution in [3.63, 3.8) is 0 Å². The van der Waals surface area contributed by atoms with Crippen LogP contribution in [-0.4, -0.2) is 73.5 Å². The van der Waals surface area contributed by atoms with Crippen LogP contribution in [0.1, 0.15) is 31.2 Å². The van der Waals surface area contributed by atoms with Crippen LogP contribution in [0.4, 0.5) is 10.1 Å². The number of nitrogens with zero attached hydrogens (tertiary/aromatic N) is 3. The molecule has 12 heteroatoms. The fourth-order valence-corrected chi connectivity index (χ4v) is 6.42. The van der Waals surface area contributed by atoms with E-state index in [0.717, 1.165) is 55.3 Å². The molecule has 2 aliphatic heterocycles. The van der Waals surface area contributed by atoms with Gasteiger partial charge in [0.15, 0.2) is 23.1 Å². The largest absolute Gasteiger partial charge is 0.493 e. The monoisotopic (exact) mass is 669 g/mol. The lowest BCUT2D eigenvalue weighted by Crippen LogP contribution is -2.54. The van der Waals surface area contributed by atoms with Crippen LogP contribution >= 0.6 is 0 Å². The van der Waals surface area contributed by atoms with Crippen molar-refractivity contribution in [3.8, 4) is 23.0 Å². The lowest BCUT2D eigenvalue weighted by molar-refractivity contribution is -0.138. The smallest absolute Gasteiger partial charge is 0.316 e. The SMILES string of the molecule is COc1cc2c(Oc3ccc(N(C(=O)C(N)=O)[C@@H](Cc4ccccc4)C(=O)N4CCCC4)cc3F)ccnc2cc1OCC1CCNCC1. The van der Waals surface area contributed by atoms with Gasteiger partial charge in [-0.15, -0.1) is 0 Å². The van der Waals surface area contributed by atoms with Crippen LogP contribution < -0.4 is 30.2 Å². The fourth-order valence-electron chi connectivity index (χ4n) is 6.42. The molecule has 0 unspecified atom stereocenters. The minimum atomic E-state index is -1.26. The molecule has 2 aliphatic rings. The molecule has 0 saturated carbocycles. The molecule has 0 radical (unpaired) electrons. The van der Waals surface area contributed by atoms with Gasteiger partial charge in [0.25, 0.3) is 0 Å². The third kappa shape index (κ3) is 7.75. The number of rotatable bonds is 11. The molecule has 11 nitrogen and oxygen atoms in total. The number of piperidine rings is 1. The maximum atomic E-state index is 15.9. The zero-order valence-electron chi connectivity index (χ0n) is 27.4. The molecule has 3 amide bonds. The molecule has 3 N–H and O–H groups in total. The predicted molar refractivity (Wildman–Crippen MR) is 182 cm³/mol. The van der Waals surface area contributed by atoms with E-state index >= 15 is 4.39 Å². The van der Waals surface area contributed by atoms with E-state index in [9.17, 15) is 14.4 Å². The molecular formula is C37H40FN5O6. The average Bonchev–Trinajstić information content (AvgIpc) is 3.67. The number of anilines is 1. The Hall–Kier alpha value is -5.23. The first-order valence-corrected chi connectivity index (χ1v) is 16.6. The van der Waals surface area contributed by atoms with Crippen molar-refractivity contribution < 1.29 is 33.0 Å². The first-order valence-electron chi connectivity index (χ1n) is 16.6. The number of likely N-dealkylation sites (tertiary alicyclic amines) is 1. The number of amides is 3. The van der Waals surface area contributed by atoms with E-state index in [1.165, 1.54) is 12.1 Å². The van der Waals surface area contributed by atoms with E-state index in [0.29, 0.717) is 53.8 Å². The highest BCUT2D eigenvalue weighted by Gasteiger charge is 2.37. The van der Waals surface area contributed by atoms with E-state index in [-0.39, 0.29) is 23.8 Å². The molecule has 49 heavy (non-hydrogen) atoms. The number of carbonyl (C=O) groups is 3. The highest BCUT2D eigenvalue weighted by atomic mass is 19.1. The number of methoxy groups -OCH3 is 1. The number of nitrogens with one attached hydrogen (secondary N) is 1. The summed E-state index contributed by atoms with van der Waals surface area (Å²) in [7, 11) is 1.55. The molecule has 4 aromatic rings. The molecule has 256 valence electrons. The Morgan fingerprint density at radius 2 is 1.73 bits per heavy atom. The topological polar surface area (TPSA) is 136 Å². The summed E-state index contributed by atoms with van der Waals surface area (Å²) in [4.78, 5) is 46.6. The molecule has 3 heterocycles. The van der Waals surface area contributed by atoms with Gasteiger partial charge in [-0.05, 0) is 74.5 Å². The highest BCUT2D eigenvalue weighted by molar-refractivity contribution is 6.40. The van der Waals surface area contributed by atoms with Crippen molar-refractivity contribution in [2.75, 3.05) is 44.8 Å². The minimum absolute atomic E-state index is 0.000999. The number of benzene rings is 3. The van der Waals surface area contributed by atoms with E-state index in [1.807, 2.05) is 30.3 Å². The molecule has 0 aliphatic carbocycles. The van der Waals surface area contributed by atoms with Crippen LogP contribution in [0.15, 0.2) is 72.9 Å². The quantitative estimate of drug-likeness (QED) is 0.221. The predicted octanol–water partition coefficient (Wildman–Crippen LogP) is 4.61. The normalized spacial score (nSPS) is 15.5. The lowest BCUT2D eigenvalue weighted by Gasteiger charge is -2.33. The molecule has 6 rings (SSSR count). The zero-order chi connectivity index (χ0) is 34.3. The third-order valence-electron chi connectivity index (χ3n) is 9.05. The molecule has 0 bridgehead atoms. The zero-order valence-corrected chi connectivity index (χ0v) is 27.4. The maximum Gasteiger partial charge on any atom is 0.316 e. The van der Waals surface area contributed by atoms with Crippen LogP contribution in [0.3, 0.4) is 0 Å². The van der Waals surface area contributed by atoms with E-state index < -0.39 is 23.7 Å². The molecule has 0 spiro atoms. The van der Waals surface area contributed by atoms with Gasteiger partial charge >= 0.3 is 11.8 Å². The van der Waals surface area contributed by atoms with Crippen LogP contribution in [0.2, 0.25) is 0 Å². The summed E-state index contributed by atoms with van der Waals surface area (Å²) >= 11 is 0. The Bertz CT molecular complexity index is 1810. The standard InChI is InChI=1S/C37H40FN5O6/c1-47-33-21-27-29(22-34(33)48-23-25-11-14-40-15-12-25)41-16-13-31(27)49-32-10-9-26(20-28(32)38)43(37(46)35(39)44)30(19-24-7-3-2-4-8-24)36(45)42-17-5-6-18-42/h2-4,7-10,13,16,20-22,25,30,40H,5-6,11-12,14-15,17-19,23H2,1H3,(H2,39,44)/t30-/m0/s1. The summed E-state index contributed by atoms with van der Waals surface area (Å²) < 4.78 is 33.7. The van der Waals surface area contributed by atoms with Gasteiger partial charge in [0, 0.05) is 48.9 Å². The fraction of sp³-hybridized carbons (Fsp3) is 0.351. The van der Waals surface area contributed by atoms with Crippen molar-refractivity contribution in [3.05, 3.63) is 84.3 Å². The Balaban J connectivity index is 1.29. The number of nitrogens with two attached hydrogens (primary N) is 1. The molecule has 3 aromatic carbocycles.